The summed E-state index contributed by atoms with van der Waals surface area (Å²) >= 11 is 8.66. The number of nitrogens with zero attached hydrogens (tertiary/aromatic N) is 3. The molecule has 1 aliphatic rings. The molecule has 0 atom stereocenters. The van der Waals surface area contributed by atoms with E-state index in [2.05, 4.69) is 20.2 Å². The summed E-state index contributed by atoms with van der Waals surface area (Å²) in [5, 5.41) is 2.84. The maximum absolute atomic E-state index is 13.1. The third kappa shape index (κ3) is 5.45. The molecule has 0 spiro atoms. The topological polar surface area (TPSA) is 58.1 Å². The van der Waals surface area contributed by atoms with Gasteiger partial charge in [-0.25, -0.2) is 9.97 Å². The van der Waals surface area contributed by atoms with Gasteiger partial charge in [0.2, 0.25) is 5.91 Å². The molecule has 150 valence electrons. The Bertz CT molecular complexity index is 847. The van der Waals surface area contributed by atoms with Crippen LogP contribution in [-0.2, 0) is 11.0 Å². The van der Waals surface area contributed by atoms with Gasteiger partial charge < -0.3 is 10.2 Å². The van der Waals surface area contributed by atoms with E-state index in [4.69, 9.17) is 11.6 Å². The molecule has 1 fully saturated rings. The van der Waals surface area contributed by atoms with Crippen molar-refractivity contribution in [3.63, 3.8) is 0 Å². The lowest BCUT2D eigenvalue weighted by atomic mass is 10.1. The summed E-state index contributed by atoms with van der Waals surface area (Å²) in [6.07, 6.45) is -1.50. The van der Waals surface area contributed by atoms with E-state index >= 15 is 0 Å². The van der Waals surface area contributed by atoms with Crippen LogP contribution >= 0.6 is 35.1 Å². The van der Waals surface area contributed by atoms with Crippen molar-refractivity contribution in [1.29, 1.82) is 0 Å². The number of halogens is 4. The van der Waals surface area contributed by atoms with Crippen molar-refractivity contribution < 1.29 is 18.0 Å². The van der Waals surface area contributed by atoms with Crippen LogP contribution in [0.2, 0.25) is 5.02 Å². The molecule has 1 amide bonds. The summed E-state index contributed by atoms with van der Waals surface area (Å²) in [5.41, 5.74) is -1.31. The van der Waals surface area contributed by atoms with Crippen molar-refractivity contribution >= 4 is 52.5 Å². The number of amides is 1. The molecule has 3 rings (SSSR count). The Morgan fingerprint density at radius 2 is 1.96 bits per heavy atom. The predicted molar refractivity (Wildman–Crippen MR) is 107 cm³/mol. The van der Waals surface area contributed by atoms with Crippen LogP contribution < -0.4 is 10.2 Å². The van der Waals surface area contributed by atoms with Crippen LogP contribution in [0.1, 0.15) is 5.56 Å². The summed E-state index contributed by atoms with van der Waals surface area (Å²) in [6.45, 7) is 1.67. The number of carbonyl (C=O) groups excluding carboxylic acids is 1. The highest BCUT2D eigenvalue weighted by atomic mass is 35.5. The van der Waals surface area contributed by atoms with Crippen LogP contribution in [0.25, 0.3) is 0 Å². The lowest BCUT2D eigenvalue weighted by Crippen LogP contribution is -2.33. The van der Waals surface area contributed by atoms with Gasteiger partial charge in [-0.3, -0.25) is 4.79 Å². The predicted octanol–water partition coefficient (Wildman–Crippen LogP) is 4.43. The molecule has 5 nitrogen and oxygen atoms in total. The van der Waals surface area contributed by atoms with Gasteiger partial charge in [-0.05, 0) is 18.2 Å². The van der Waals surface area contributed by atoms with Crippen LogP contribution in [0.15, 0.2) is 35.6 Å². The van der Waals surface area contributed by atoms with Gasteiger partial charge in [0, 0.05) is 42.0 Å². The summed E-state index contributed by atoms with van der Waals surface area (Å²) in [4.78, 5) is 23.0. The molecule has 2 heterocycles. The van der Waals surface area contributed by atoms with Crippen molar-refractivity contribution in [2.24, 2.45) is 0 Å². The van der Waals surface area contributed by atoms with Crippen LogP contribution in [0, 0.1) is 0 Å². The van der Waals surface area contributed by atoms with Crippen LogP contribution in [-0.4, -0.2) is 46.2 Å². The van der Waals surface area contributed by atoms with Crippen molar-refractivity contribution in [2.75, 3.05) is 40.6 Å². The summed E-state index contributed by atoms with van der Waals surface area (Å²) in [7, 11) is 0. The molecule has 0 radical (unpaired) electrons. The molecule has 1 saturated heterocycles. The second kappa shape index (κ2) is 9.23. The number of hydrogen-bond acceptors (Lipinski definition) is 6. The van der Waals surface area contributed by atoms with E-state index in [0.29, 0.717) is 10.8 Å². The van der Waals surface area contributed by atoms with Gasteiger partial charge in [-0.2, -0.15) is 24.9 Å². The minimum atomic E-state index is -4.62. The Kier molecular flexibility index (Phi) is 6.95. The summed E-state index contributed by atoms with van der Waals surface area (Å²) in [5.74, 6) is 2.01. The molecule has 28 heavy (non-hydrogen) atoms. The smallest absolute Gasteiger partial charge is 0.353 e. The molecular weight excluding hydrogens is 433 g/mol. The molecule has 0 saturated carbocycles. The molecule has 0 aliphatic carbocycles. The molecule has 11 heteroatoms. The highest BCUT2D eigenvalue weighted by molar-refractivity contribution is 8.00. The summed E-state index contributed by atoms with van der Waals surface area (Å²) in [6, 6.07) is 3.24. The van der Waals surface area contributed by atoms with Gasteiger partial charge in [0.05, 0.1) is 17.0 Å². The third-order valence-corrected chi connectivity index (χ3v) is 6.00. The van der Waals surface area contributed by atoms with Gasteiger partial charge in [0.15, 0.2) is 5.82 Å². The first-order chi connectivity index (χ1) is 13.3. The molecule has 0 unspecified atom stereocenters. The van der Waals surface area contributed by atoms with E-state index in [0.717, 1.165) is 48.5 Å². The molecule has 0 bridgehead atoms. The Hall–Kier alpha value is -1.65. The van der Waals surface area contributed by atoms with E-state index in [9.17, 15) is 18.0 Å². The zero-order valence-corrected chi connectivity index (χ0v) is 16.9. The van der Waals surface area contributed by atoms with Gasteiger partial charge in [0.1, 0.15) is 5.03 Å². The fourth-order valence-electron chi connectivity index (χ4n) is 2.59. The quantitative estimate of drug-likeness (QED) is 0.683. The van der Waals surface area contributed by atoms with Crippen molar-refractivity contribution in [1.82, 2.24) is 9.97 Å². The Balaban J connectivity index is 1.68. The Morgan fingerprint density at radius 1 is 1.25 bits per heavy atom. The zero-order chi connectivity index (χ0) is 20.1. The Morgan fingerprint density at radius 3 is 2.68 bits per heavy atom. The molecule has 1 aliphatic heterocycles. The van der Waals surface area contributed by atoms with Crippen LogP contribution in [0.4, 0.5) is 24.7 Å². The number of anilines is 2. The first-order valence-corrected chi connectivity index (χ1v) is 10.8. The maximum atomic E-state index is 13.1. The third-order valence-electron chi connectivity index (χ3n) is 3.86. The van der Waals surface area contributed by atoms with E-state index < -0.39 is 17.6 Å². The number of carbonyl (C=O) groups is 1. The average molecular weight is 449 g/mol. The average Bonchev–Trinajstić information content (AvgIpc) is 2.68. The SMILES string of the molecule is O=C(CSc1nccnc1N1CCSCC1)Nc1ccc(Cl)cc1C(F)(F)F. The number of nitrogens with one attached hydrogen (secondary N) is 1. The highest BCUT2D eigenvalue weighted by Crippen LogP contribution is 2.36. The normalized spacial score (nSPS) is 14.8. The number of alkyl halides is 3. The molecule has 1 aromatic heterocycles. The van der Waals surface area contributed by atoms with Crippen molar-refractivity contribution in [2.45, 2.75) is 11.2 Å². The fraction of sp³-hybridized carbons (Fsp3) is 0.353. The second-order valence-electron chi connectivity index (χ2n) is 5.81. The van der Waals surface area contributed by atoms with Gasteiger partial charge in [-0.1, -0.05) is 23.4 Å². The zero-order valence-electron chi connectivity index (χ0n) is 14.5. The first kappa shape index (κ1) is 21.1. The van der Waals surface area contributed by atoms with Crippen LogP contribution in [0.3, 0.4) is 0 Å². The molecule has 1 N–H and O–H groups in total. The van der Waals surface area contributed by atoms with Gasteiger partial charge in [-0.15, -0.1) is 0 Å². The van der Waals surface area contributed by atoms with Gasteiger partial charge in [0.25, 0.3) is 0 Å². The monoisotopic (exact) mass is 448 g/mol. The lowest BCUT2D eigenvalue weighted by Gasteiger charge is -2.28. The maximum Gasteiger partial charge on any atom is 0.418 e. The standard InChI is InChI=1S/C17H16ClF3N4OS2/c18-11-1-2-13(12(9-11)17(19,20)21)24-14(26)10-28-16-15(22-3-4-23-16)25-5-7-27-8-6-25/h1-4,9H,5-8,10H2,(H,24,26). The molecule has 2 aromatic rings. The summed E-state index contributed by atoms with van der Waals surface area (Å²) < 4.78 is 39.4. The van der Waals surface area contributed by atoms with E-state index in [1.165, 1.54) is 12.3 Å². The highest BCUT2D eigenvalue weighted by Gasteiger charge is 2.34. The van der Waals surface area contributed by atoms with Crippen molar-refractivity contribution in [3.05, 3.63) is 41.2 Å². The first-order valence-electron chi connectivity index (χ1n) is 8.27. The minimum absolute atomic E-state index is 0.0522. The number of hydrogen-bond donors (Lipinski definition) is 1. The molecular formula is C17H16ClF3N4OS2. The van der Waals surface area contributed by atoms with E-state index in [1.807, 2.05) is 11.8 Å². The minimum Gasteiger partial charge on any atom is -0.353 e. The lowest BCUT2D eigenvalue weighted by molar-refractivity contribution is -0.137. The number of aromatic nitrogens is 2. The number of thioether (sulfide) groups is 2. The van der Waals surface area contributed by atoms with Crippen LogP contribution in [0.5, 0.6) is 0 Å². The Labute approximate surface area is 173 Å². The number of benzene rings is 1. The van der Waals surface area contributed by atoms with Crippen molar-refractivity contribution in [3.8, 4) is 0 Å². The van der Waals surface area contributed by atoms with E-state index in [1.54, 1.807) is 6.20 Å². The second-order valence-corrected chi connectivity index (χ2v) is 8.43. The van der Waals surface area contributed by atoms with E-state index in [-0.39, 0.29) is 16.5 Å². The molecule has 1 aromatic carbocycles. The largest absolute Gasteiger partial charge is 0.418 e. The fourth-order valence-corrected chi connectivity index (χ4v) is 4.45. The number of rotatable bonds is 5. The van der Waals surface area contributed by atoms with Gasteiger partial charge >= 0.3 is 6.18 Å².